The van der Waals surface area contributed by atoms with Crippen LogP contribution in [0.3, 0.4) is 0 Å². The molecule has 3 N–H and O–H groups in total. The first kappa shape index (κ1) is 16.0. The zero-order chi connectivity index (χ0) is 16.2. The molecule has 0 aromatic heterocycles. The molecular formula is C18H19ClN2O2. The van der Waals surface area contributed by atoms with Crippen LogP contribution < -0.4 is 10.8 Å². The summed E-state index contributed by atoms with van der Waals surface area (Å²) < 4.78 is 0. The van der Waals surface area contributed by atoms with E-state index in [2.05, 4.69) is 5.32 Å². The largest absolute Gasteiger partial charge is 0.310 e. The number of fused-ring (bicyclic) bond motifs is 1. The van der Waals surface area contributed by atoms with Gasteiger partial charge in [-0.2, -0.15) is 0 Å². The number of hydrogen-bond donors (Lipinski definition) is 3. The molecule has 0 bridgehead atoms. The Bertz CT molecular complexity index is 701. The van der Waals surface area contributed by atoms with E-state index in [9.17, 15) is 4.79 Å². The van der Waals surface area contributed by atoms with Crippen LogP contribution in [0, 0.1) is 0 Å². The van der Waals surface area contributed by atoms with E-state index >= 15 is 0 Å². The molecule has 0 aliphatic heterocycles. The van der Waals surface area contributed by atoms with Crippen molar-refractivity contribution in [3.8, 4) is 0 Å². The molecule has 0 spiro atoms. The van der Waals surface area contributed by atoms with Crippen LogP contribution in [-0.4, -0.2) is 17.2 Å². The molecule has 2 aromatic carbocycles. The molecule has 0 saturated carbocycles. The molecule has 4 nitrogen and oxygen atoms in total. The highest BCUT2D eigenvalue weighted by Gasteiger charge is 2.19. The molecule has 5 heteroatoms. The monoisotopic (exact) mass is 330 g/mol. The van der Waals surface area contributed by atoms with Gasteiger partial charge in [0.25, 0.3) is 5.91 Å². The number of rotatable bonds is 4. The lowest BCUT2D eigenvalue weighted by molar-refractivity contribution is 0.0706. The summed E-state index contributed by atoms with van der Waals surface area (Å²) in [6, 6.07) is 13.9. The van der Waals surface area contributed by atoms with Gasteiger partial charge < -0.3 is 5.32 Å². The van der Waals surface area contributed by atoms with Crippen molar-refractivity contribution in [2.75, 3.05) is 0 Å². The maximum atomic E-state index is 11.5. The maximum Gasteiger partial charge on any atom is 0.274 e. The minimum Gasteiger partial charge on any atom is -0.310 e. The van der Waals surface area contributed by atoms with E-state index in [1.165, 1.54) is 16.7 Å². The first-order chi connectivity index (χ1) is 11.2. The second-order valence-electron chi connectivity index (χ2n) is 5.87. The number of carbonyl (C=O) groups excluding carboxylic acids is 1. The van der Waals surface area contributed by atoms with E-state index < -0.39 is 5.91 Å². The van der Waals surface area contributed by atoms with E-state index in [4.69, 9.17) is 16.8 Å². The van der Waals surface area contributed by atoms with Gasteiger partial charge in [0.05, 0.1) is 0 Å². The van der Waals surface area contributed by atoms with E-state index in [0.717, 1.165) is 30.8 Å². The van der Waals surface area contributed by atoms with Crippen LogP contribution in [0.5, 0.6) is 0 Å². The molecule has 0 fully saturated rings. The highest BCUT2D eigenvalue weighted by atomic mass is 35.5. The normalized spacial score (nSPS) is 16.7. The van der Waals surface area contributed by atoms with Gasteiger partial charge in [0.2, 0.25) is 0 Å². The van der Waals surface area contributed by atoms with Gasteiger partial charge in [-0.1, -0.05) is 29.8 Å². The Balaban J connectivity index is 1.61. The minimum atomic E-state index is -0.462. The smallest absolute Gasteiger partial charge is 0.274 e. The molecule has 120 valence electrons. The third kappa shape index (κ3) is 3.91. The van der Waals surface area contributed by atoms with Gasteiger partial charge in [-0.25, -0.2) is 5.48 Å². The molecule has 23 heavy (non-hydrogen) atoms. The molecule has 0 saturated heterocycles. The Labute approximate surface area is 140 Å². The second kappa shape index (κ2) is 7.13. The number of hydrogen-bond acceptors (Lipinski definition) is 3. The summed E-state index contributed by atoms with van der Waals surface area (Å²) in [4.78, 5) is 11.5. The minimum absolute atomic E-state index is 0.427. The summed E-state index contributed by atoms with van der Waals surface area (Å²) in [6.07, 6.45) is 2.91. The number of amides is 1. The fourth-order valence-corrected chi connectivity index (χ4v) is 3.13. The van der Waals surface area contributed by atoms with Gasteiger partial charge in [0.1, 0.15) is 0 Å². The second-order valence-corrected chi connectivity index (χ2v) is 6.31. The SMILES string of the molecule is O=C(NO)c1ccc2c(c1)CCC(NCc1ccc(Cl)cc1)C2. The van der Waals surface area contributed by atoms with Gasteiger partial charge in [-0.05, 0) is 60.2 Å². The third-order valence-corrected chi connectivity index (χ3v) is 4.56. The zero-order valence-electron chi connectivity index (χ0n) is 12.7. The lowest BCUT2D eigenvalue weighted by Crippen LogP contribution is -2.34. The van der Waals surface area contributed by atoms with Crippen molar-refractivity contribution in [2.45, 2.75) is 31.8 Å². The van der Waals surface area contributed by atoms with Crippen molar-refractivity contribution in [1.82, 2.24) is 10.8 Å². The molecule has 1 atom stereocenters. The van der Waals surface area contributed by atoms with Crippen LogP contribution in [0.25, 0.3) is 0 Å². The summed E-state index contributed by atoms with van der Waals surface area (Å²) in [5, 5.41) is 13.0. The first-order valence-electron chi connectivity index (χ1n) is 7.70. The Morgan fingerprint density at radius 2 is 1.96 bits per heavy atom. The van der Waals surface area contributed by atoms with Crippen LogP contribution >= 0.6 is 11.6 Å². The lowest BCUT2D eigenvalue weighted by atomic mass is 9.87. The number of carbonyl (C=O) groups is 1. The first-order valence-corrected chi connectivity index (χ1v) is 8.07. The molecule has 0 heterocycles. The summed E-state index contributed by atoms with van der Waals surface area (Å²) in [5.41, 5.74) is 5.85. The number of aryl methyl sites for hydroxylation is 1. The summed E-state index contributed by atoms with van der Waals surface area (Å²) in [6.45, 7) is 0.822. The Morgan fingerprint density at radius 3 is 2.70 bits per heavy atom. The zero-order valence-corrected chi connectivity index (χ0v) is 13.4. The molecule has 1 aliphatic carbocycles. The predicted octanol–water partition coefficient (Wildman–Crippen LogP) is 3.11. The number of hydroxylamine groups is 1. The number of nitrogens with one attached hydrogen (secondary N) is 2. The van der Waals surface area contributed by atoms with Crippen LogP contribution in [0.4, 0.5) is 0 Å². The van der Waals surface area contributed by atoms with E-state index in [1.54, 1.807) is 11.5 Å². The van der Waals surface area contributed by atoms with Crippen LogP contribution in [0.2, 0.25) is 5.02 Å². The molecule has 1 unspecified atom stereocenters. The lowest BCUT2D eigenvalue weighted by Gasteiger charge is -2.26. The van der Waals surface area contributed by atoms with Crippen molar-refractivity contribution in [3.63, 3.8) is 0 Å². The summed E-state index contributed by atoms with van der Waals surface area (Å²) in [7, 11) is 0. The highest BCUT2D eigenvalue weighted by Crippen LogP contribution is 2.23. The Morgan fingerprint density at radius 1 is 1.17 bits per heavy atom. The van der Waals surface area contributed by atoms with Crippen LogP contribution in [0.1, 0.15) is 33.5 Å². The molecule has 2 aromatic rings. The molecule has 1 amide bonds. The quantitative estimate of drug-likeness (QED) is 0.596. The molecule has 0 radical (unpaired) electrons. The van der Waals surface area contributed by atoms with Gasteiger partial charge in [0.15, 0.2) is 0 Å². The molecule has 3 rings (SSSR count). The van der Waals surface area contributed by atoms with Crippen LogP contribution in [0.15, 0.2) is 42.5 Å². The number of benzene rings is 2. The summed E-state index contributed by atoms with van der Waals surface area (Å²) >= 11 is 5.90. The van der Waals surface area contributed by atoms with Crippen molar-refractivity contribution >= 4 is 17.5 Å². The Kier molecular flexibility index (Phi) is 4.96. The van der Waals surface area contributed by atoms with E-state index in [0.29, 0.717) is 11.6 Å². The predicted molar refractivity (Wildman–Crippen MR) is 89.8 cm³/mol. The van der Waals surface area contributed by atoms with Crippen molar-refractivity contribution in [1.29, 1.82) is 0 Å². The number of halogens is 1. The van der Waals surface area contributed by atoms with Gasteiger partial charge in [-0.15, -0.1) is 0 Å². The summed E-state index contributed by atoms with van der Waals surface area (Å²) in [5.74, 6) is -0.462. The Hall–Kier alpha value is -1.88. The van der Waals surface area contributed by atoms with Crippen molar-refractivity contribution < 1.29 is 10.0 Å². The van der Waals surface area contributed by atoms with E-state index in [-0.39, 0.29) is 0 Å². The highest BCUT2D eigenvalue weighted by molar-refractivity contribution is 6.30. The molecule has 1 aliphatic rings. The van der Waals surface area contributed by atoms with Gasteiger partial charge >= 0.3 is 0 Å². The van der Waals surface area contributed by atoms with Gasteiger partial charge in [-0.3, -0.25) is 10.0 Å². The fourth-order valence-electron chi connectivity index (χ4n) is 3.00. The standard InChI is InChI=1S/C18H19ClN2O2/c19-16-6-1-12(2-7-16)11-20-17-8-5-13-9-15(18(22)21-23)4-3-14(13)10-17/h1-4,6-7,9,17,20,23H,5,8,10-11H2,(H,21,22). The molecular weight excluding hydrogens is 312 g/mol. The average Bonchev–Trinajstić information content (AvgIpc) is 2.60. The van der Waals surface area contributed by atoms with Gasteiger partial charge in [0, 0.05) is 23.2 Å². The van der Waals surface area contributed by atoms with Crippen molar-refractivity contribution in [2.24, 2.45) is 0 Å². The van der Waals surface area contributed by atoms with Crippen LogP contribution in [-0.2, 0) is 19.4 Å². The topological polar surface area (TPSA) is 61.4 Å². The average molecular weight is 331 g/mol. The third-order valence-electron chi connectivity index (χ3n) is 4.31. The van der Waals surface area contributed by atoms with Crippen molar-refractivity contribution in [3.05, 3.63) is 69.7 Å². The van der Waals surface area contributed by atoms with E-state index in [1.807, 2.05) is 36.4 Å². The maximum absolute atomic E-state index is 11.5. The fraction of sp³-hybridized carbons (Fsp3) is 0.278.